The van der Waals surface area contributed by atoms with Crippen molar-refractivity contribution in [3.05, 3.63) is 10.6 Å². The van der Waals surface area contributed by atoms with Crippen LogP contribution in [0.15, 0.2) is 0 Å². The Labute approximate surface area is 148 Å². The van der Waals surface area contributed by atoms with Gasteiger partial charge in [0.2, 0.25) is 0 Å². The molecule has 2 saturated heterocycles. The molecule has 2 aliphatic rings. The van der Waals surface area contributed by atoms with E-state index in [0.717, 1.165) is 43.5 Å². The molecule has 0 saturated carbocycles. The van der Waals surface area contributed by atoms with Gasteiger partial charge >= 0.3 is 0 Å². The third-order valence-electron chi connectivity index (χ3n) is 4.85. The zero-order valence-corrected chi connectivity index (χ0v) is 15.8. The largest absolute Gasteiger partial charge is 0.375 e. The van der Waals surface area contributed by atoms with Crippen molar-refractivity contribution in [2.24, 2.45) is 5.92 Å². The van der Waals surface area contributed by atoms with E-state index in [-0.39, 0.29) is 11.9 Å². The summed E-state index contributed by atoms with van der Waals surface area (Å²) < 4.78 is 5.97. The molecule has 3 rings (SSSR count). The Morgan fingerprint density at radius 1 is 1.46 bits per heavy atom. The predicted molar refractivity (Wildman–Crippen MR) is 96.8 cm³/mol. The monoisotopic (exact) mass is 352 g/mol. The fourth-order valence-corrected chi connectivity index (χ4v) is 4.43. The first-order chi connectivity index (χ1) is 11.5. The Morgan fingerprint density at radius 3 is 2.96 bits per heavy atom. The van der Waals surface area contributed by atoms with Crippen LogP contribution < -0.4 is 10.6 Å². The minimum Gasteiger partial charge on any atom is -0.375 e. The van der Waals surface area contributed by atoms with E-state index in [1.54, 1.807) is 0 Å². The van der Waals surface area contributed by atoms with Crippen LogP contribution in [0.3, 0.4) is 0 Å². The van der Waals surface area contributed by atoms with Gasteiger partial charge < -0.3 is 15.4 Å². The lowest BCUT2D eigenvalue weighted by Crippen LogP contribution is -2.48. The molecule has 0 aliphatic carbocycles. The second-order valence-electron chi connectivity index (χ2n) is 7.09. The first-order valence-corrected chi connectivity index (χ1v) is 9.67. The van der Waals surface area contributed by atoms with Gasteiger partial charge in [-0.05, 0) is 26.2 Å². The van der Waals surface area contributed by atoms with E-state index >= 15 is 0 Å². The normalized spacial score (nSPS) is 27.3. The molecule has 1 aromatic rings. The summed E-state index contributed by atoms with van der Waals surface area (Å²) in [5.74, 6) is 0.532. The number of nitrogens with zero attached hydrogens (tertiary/aromatic N) is 2. The molecule has 1 amide bonds. The van der Waals surface area contributed by atoms with E-state index < -0.39 is 0 Å². The van der Waals surface area contributed by atoms with Gasteiger partial charge in [-0.25, -0.2) is 4.98 Å². The van der Waals surface area contributed by atoms with Gasteiger partial charge in [-0.1, -0.05) is 25.2 Å². The number of nitrogens with one attached hydrogen (secondary N) is 2. The summed E-state index contributed by atoms with van der Waals surface area (Å²) in [5, 5.41) is 7.19. The molecule has 3 heterocycles. The molecule has 3 atom stereocenters. The molecular weight excluding hydrogens is 324 g/mol. The van der Waals surface area contributed by atoms with E-state index in [9.17, 15) is 4.79 Å². The summed E-state index contributed by atoms with van der Waals surface area (Å²) >= 11 is 1.43. The van der Waals surface area contributed by atoms with Crippen LogP contribution in [0.5, 0.6) is 0 Å². The quantitative estimate of drug-likeness (QED) is 0.850. The molecular formula is C17H28N4O2S. The summed E-state index contributed by atoms with van der Waals surface area (Å²) in [6.07, 6.45) is 1.27. The zero-order chi connectivity index (χ0) is 17.3. The third kappa shape index (κ3) is 3.73. The van der Waals surface area contributed by atoms with Crippen molar-refractivity contribution in [1.29, 1.82) is 0 Å². The van der Waals surface area contributed by atoms with E-state index in [1.807, 2.05) is 13.8 Å². The average Bonchev–Trinajstić information content (AvgIpc) is 3.09. The number of morpholine rings is 1. The van der Waals surface area contributed by atoms with E-state index in [4.69, 9.17) is 4.74 Å². The van der Waals surface area contributed by atoms with Crippen molar-refractivity contribution in [3.63, 3.8) is 0 Å². The Bertz CT molecular complexity index is 589. The van der Waals surface area contributed by atoms with Crippen molar-refractivity contribution in [2.75, 3.05) is 31.6 Å². The van der Waals surface area contributed by atoms with Crippen LogP contribution in [0.25, 0.3) is 0 Å². The molecule has 2 N–H and O–H groups in total. The Balaban J connectivity index is 1.58. The predicted octanol–water partition coefficient (Wildman–Crippen LogP) is 2.11. The van der Waals surface area contributed by atoms with Gasteiger partial charge in [-0.15, -0.1) is 0 Å². The highest BCUT2D eigenvalue weighted by atomic mass is 32.1. The van der Waals surface area contributed by atoms with Gasteiger partial charge in [0, 0.05) is 31.7 Å². The number of aryl methyl sites for hydroxylation is 1. The van der Waals surface area contributed by atoms with Crippen molar-refractivity contribution in [3.8, 4) is 0 Å². The Morgan fingerprint density at radius 2 is 2.25 bits per heavy atom. The topological polar surface area (TPSA) is 66.5 Å². The summed E-state index contributed by atoms with van der Waals surface area (Å²) in [4.78, 5) is 20.2. The molecule has 0 spiro atoms. The number of thiazole rings is 1. The van der Waals surface area contributed by atoms with Crippen molar-refractivity contribution in [1.82, 2.24) is 15.2 Å². The van der Waals surface area contributed by atoms with Crippen molar-refractivity contribution in [2.45, 2.75) is 52.3 Å². The van der Waals surface area contributed by atoms with Crippen molar-refractivity contribution < 1.29 is 9.53 Å². The summed E-state index contributed by atoms with van der Waals surface area (Å²) in [7, 11) is 0. The number of carbonyl (C=O) groups is 1. The smallest absolute Gasteiger partial charge is 0.263 e. The highest BCUT2D eigenvalue weighted by molar-refractivity contribution is 7.17. The molecule has 134 valence electrons. The first-order valence-electron chi connectivity index (χ1n) is 8.85. The molecule has 0 bridgehead atoms. The second kappa shape index (κ2) is 7.37. The maximum atomic E-state index is 12.6. The van der Waals surface area contributed by atoms with Gasteiger partial charge in [0.1, 0.15) is 4.88 Å². The molecule has 7 heteroatoms. The fourth-order valence-electron chi connectivity index (χ4n) is 3.49. The molecule has 2 aliphatic heterocycles. The number of ether oxygens (including phenoxy) is 1. The van der Waals surface area contributed by atoms with Crippen LogP contribution in [0.2, 0.25) is 0 Å². The van der Waals surface area contributed by atoms with Crippen LogP contribution >= 0.6 is 11.3 Å². The fraction of sp³-hybridized carbons (Fsp3) is 0.765. The van der Waals surface area contributed by atoms with Gasteiger partial charge in [-0.2, -0.15) is 0 Å². The molecule has 1 aromatic heterocycles. The highest BCUT2D eigenvalue weighted by Crippen LogP contribution is 2.27. The minimum atomic E-state index is 0.000304. The molecule has 6 nitrogen and oxygen atoms in total. The number of amides is 1. The number of rotatable bonds is 5. The van der Waals surface area contributed by atoms with Crippen LogP contribution in [0.4, 0.5) is 5.13 Å². The third-order valence-corrected chi connectivity index (χ3v) is 5.97. The van der Waals surface area contributed by atoms with Gasteiger partial charge in [-0.3, -0.25) is 9.69 Å². The lowest BCUT2D eigenvalue weighted by Gasteiger charge is -2.36. The van der Waals surface area contributed by atoms with Crippen LogP contribution in [0, 0.1) is 12.8 Å². The molecule has 0 aromatic carbocycles. The number of anilines is 1. The zero-order valence-electron chi connectivity index (χ0n) is 15.0. The number of aromatic nitrogens is 1. The highest BCUT2D eigenvalue weighted by Gasteiger charge is 2.38. The SMILES string of the molecule is CCNc1nc(C)c(C(=O)N[C@H]2C[C@H]3CO[C@@H](C(C)C)CN3C2)s1. The lowest BCUT2D eigenvalue weighted by atomic mass is 10.0. The van der Waals surface area contributed by atoms with Crippen LogP contribution in [-0.4, -0.2) is 60.2 Å². The first kappa shape index (κ1) is 17.6. The van der Waals surface area contributed by atoms with Crippen molar-refractivity contribution >= 4 is 22.4 Å². The molecule has 2 fully saturated rings. The minimum absolute atomic E-state index is 0.000304. The maximum absolute atomic E-state index is 12.6. The van der Waals surface area contributed by atoms with E-state index in [2.05, 4.69) is 34.4 Å². The molecule has 0 radical (unpaired) electrons. The lowest BCUT2D eigenvalue weighted by molar-refractivity contribution is -0.0683. The maximum Gasteiger partial charge on any atom is 0.263 e. The average molecular weight is 353 g/mol. The van der Waals surface area contributed by atoms with E-state index in [1.165, 1.54) is 11.3 Å². The Hall–Kier alpha value is -1.18. The number of hydrogen-bond acceptors (Lipinski definition) is 6. The van der Waals surface area contributed by atoms with Gasteiger partial charge in [0.15, 0.2) is 5.13 Å². The second-order valence-corrected chi connectivity index (χ2v) is 8.09. The van der Waals surface area contributed by atoms with Crippen LogP contribution in [0.1, 0.15) is 42.6 Å². The summed E-state index contributed by atoms with van der Waals surface area (Å²) in [6.45, 7) is 11.8. The Kier molecular flexibility index (Phi) is 5.42. The van der Waals surface area contributed by atoms with E-state index in [0.29, 0.717) is 22.9 Å². The number of carbonyl (C=O) groups excluding carboxylic acids is 1. The van der Waals surface area contributed by atoms with Gasteiger partial charge in [0.25, 0.3) is 5.91 Å². The number of hydrogen-bond donors (Lipinski definition) is 2. The molecule has 24 heavy (non-hydrogen) atoms. The summed E-state index contributed by atoms with van der Waals surface area (Å²) in [5.41, 5.74) is 0.798. The number of fused-ring (bicyclic) bond motifs is 1. The van der Waals surface area contributed by atoms with Gasteiger partial charge in [0.05, 0.1) is 18.4 Å². The summed E-state index contributed by atoms with van der Waals surface area (Å²) in [6, 6.07) is 0.631. The van der Waals surface area contributed by atoms with Crippen LogP contribution in [-0.2, 0) is 4.74 Å². The standard InChI is InChI=1S/C17H28N4O2S/c1-5-18-17-19-11(4)15(24-17)16(22)20-12-6-13-9-23-14(10(2)3)8-21(13)7-12/h10,12-14H,5-9H2,1-4H3,(H,18,19)(H,20,22)/t12-,13-,14+/m0/s1. The molecule has 0 unspecified atom stereocenters.